The Morgan fingerprint density at radius 2 is 2.42 bits per heavy atom. The van der Waals surface area contributed by atoms with Gasteiger partial charge in [-0.1, -0.05) is 0 Å². The van der Waals surface area contributed by atoms with Gasteiger partial charge in [0.15, 0.2) is 6.16 Å². The minimum absolute atomic E-state index is 0.0643. The van der Waals surface area contributed by atoms with E-state index in [-0.39, 0.29) is 17.5 Å². The van der Waals surface area contributed by atoms with Crippen LogP contribution in [-0.2, 0) is 9.30 Å². The second-order valence-corrected chi connectivity index (χ2v) is 4.97. The van der Waals surface area contributed by atoms with Crippen molar-refractivity contribution < 1.29 is 14.2 Å². The average Bonchev–Trinajstić information content (AvgIpc) is 2.26. The fraction of sp³-hybridized carbons (Fsp3) is 1.00. The number of thiol groups is 1. The predicted molar refractivity (Wildman–Crippen MR) is 51.0 cm³/mol. The molecule has 1 unspecified atom stereocenters. The summed E-state index contributed by atoms with van der Waals surface area (Å²) < 4.78 is 15.9. The minimum Gasteiger partial charge on any atom is -0.374 e. The molecule has 1 saturated heterocycles. The zero-order valence-corrected chi connectivity index (χ0v) is 8.80. The van der Waals surface area contributed by atoms with Gasteiger partial charge in [0.25, 0.3) is 0 Å². The molecule has 4 atom stereocenters. The van der Waals surface area contributed by atoms with E-state index in [2.05, 4.69) is 12.6 Å². The van der Waals surface area contributed by atoms with Gasteiger partial charge >= 0.3 is 8.03 Å². The van der Waals surface area contributed by atoms with Crippen molar-refractivity contribution in [3.05, 3.63) is 0 Å². The van der Waals surface area contributed by atoms with Crippen LogP contribution in [0.15, 0.2) is 0 Å². The van der Waals surface area contributed by atoms with Gasteiger partial charge in [-0.2, -0.15) is 17.5 Å². The van der Waals surface area contributed by atoms with E-state index in [9.17, 15) is 4.57 Å². The molecule has 1 fully saturated rings. The molecule has 1 rings (SSSR count). The van der Waals surface area contributed by atoms with Crippen LogP contribution in [0.25, 0.3) is 0 Å². The molecule has 12 heavy (non-hydrogen) atoms. The summed E-state index contributed by atoms with van der Waals surface area (Å²) in [4.78, 5) is 8.59. The second kappa shape index (κ2) is 4.56. The highest BCUT2D eigenvalue weighted by Gasteiger charge is 2.31. The molecule has 0 saturated carbocycles. The van der Waals surface area contributed by atoms with Crippen LogP contribution >= 0.6 is 20.7 Å². The van der Waals surface area contributed by atoms with Crippen molar-refractivity contribution in [2.24, 2.45) is 0 Å². The van der Waals surface area contributed by atoms with Gasteiger partial charge in [0, 0.05) is 11.7 Å². The van der Waals surface area contributed by atoms with Crippen LogP contribution in [-0.4, -0.2) is 28.5 Å². The smallest absolute Gasteiger partial charge is 0.374 e. The van der Waals surface area contributed by atoms with Crippen LogP contribution in [0.1, 0.15) is 19.8 Å². The van der Waals surface area contributed by atoms with Gasteiger partial charge in [0.2, 0.25) is 0 Å². The maximum Gasteiger partial charge on any atom is 0.505 e. The summed E-state index contributed by atoms with van der Waals surface area (Å²) >= 11 is 4.35. The fourth-order valence-electron chi connectivity index (χ4n) is 1.43. The van der Waals surface area contributed by atoms with Crippen molar-refractivity contribution >= 4 is 20.7 Å². The lowest BCUT2D eigenvalue weighted by Crippen LogP contribution is -2.16. The molecule has 0 aliphatic carbocycles. The van der Waals surface area contributed by atoms with Crippen molar-refractivity contribution in [2.45, 2.75) is 37.2 Å². The Kier molecular flexibility index (Phi) is 3.97. The van der Waals surface area contributed by atoms with Crippen molar-refractivity contribution in [3.63, 3.8) is 0 Å². The van der Waals surface area contributed by atoms with Crippen LogP contribution in [0.5, 0.6) is 0 Å². The first kappa shape index (κ1) is 10.5. The van der Waals surface area contributed by atoms with Crippen molar-refractivity contribution in [1.29, 1.82) is 0 Å². The van der Waals surface area contributed by atoms with E-state index < -0.39 is 8.03 Å². The van der Waals surface area contributed by atoms with Gasteiger partial charge in [-0.15, -0.1) is 0 Å². The lowest BCUT2D eigenvalue weighted by molar-refractivity contribution is 0.0555. The van der Waals surface area contributed by atoms with Gasteiger partial charge in [0.1, 0.15) is 0 Å². The number of hydrogen-bond acceptors (Lipinski definition) is 3. The van der Waals surface area contributed by atoms with E-state index in [1.165, 1.54) is 0 Å². The molecule has 3 nitrogen and oxygen atoms in total. The first-order chi connectivity index (χ1) is 5.59. The number of hydrogen-bond donors (Lipinski definition) is 2. The van der Waals surface area contributed by atoms with Crippen molar-refractivity contribution in [1.82, 2.24) is 0 Å². The highest BCUT2D eigenvalue weighted by molar-refractivity contribution is 7.81. The molecule has 0 radical (unpaired) electrons. The number of ether oxygens (including phenoxy) is 1. The summed E-state index contributed by atoms with van der Waals surface area (Å²) in [7, 11) is -2.01. The summed E-state index contributed by atoms with van der Waals surface area (Å²) in [5.74, 6) is 0. The molecule has 1 aliphatic rings. The van der Waals surface area contributed by atoms with E-state index in [0.29, 0.717) is 12.6 Å². The summed E-state index contributed by atoms with van der Waals surface area (Å²) in [6.07, 6.45) is 2.22. The zero-order chi connectivity index (χ0) is 9.14. The van der Waals surface area contributed by atoms with E-state index in [4.69, 9.17) is 9.63 Å². The molecule has 0 amide bonds. The summed E-state index contributed by atoms with van der Waals surface area (Å²) in [6, 6.07) is 0. The summed E-state index contributed by atoms with van der Waals surface area (Å²) in [6.45, 7) is 2.00. The summed E-state index contributed by atoms with van der Waals surface area (Å²) in [5.41, 5.74) is 0. The minimum atomic E-state index is -2.01. The Morgan fingerprint density at radius 3 is 2.83 bits per heavy atom. The Labute approximate surface area is 78.8 Å². The molecule has 0 aromatic heterocycles. The molecule has 0 aromatic rings. The molecule has 0 spiro atoms. The van der Waals surface area contributed by atoms with Crippen LogP contribution in [0.3, 0.4) is 0 Å². The second-order valence-electron chi connectivity index (χ2n) is 3.15. The molecular weight excluding hydrogens is 195 g/mol. The van der Waals surface area contributed by atoms with Crippen LogP contribution in [0, 0.1) is 0 Å². The molecular formula is C7H14O3PS+. The quantitative estimate of drug-likeness (QED) is 0.548. The highest BCUT2D eigenvalue weighted by Crippen LogP contribution is 2.29. The van der Waals surface area contributed by atoms with Crippen LogP contribution < -0.4 is 0 Å². The molecule has 1 heterocycles. The molecule has 1 N–H and O–H groups in total. The Balaban J connectivity index is 2.28. The third-order valence-electron chi connectivity index (χ3n) is 2.01. The highest BCUT2D eigenvalue weighted by atomic mass is 32.1. The predicted octanol–water partition coefficient (Wildman–Crippen LogP) is 1.59. The molecule has 0 aromatic carbocycles. The molecule has 1 aliphatic heterocycles. The zero-order valence-electron chi connectivity index (χ0n) is 7.01. The molecule has 70 valence electrons. The maximum atomic E-state index is 10.4. The Bertz CT molecular complexity index is 176. The van der Waals surface area contributed by atoms with Crippen LogP contribution in [0.4, 0.5) is 0 Å². The lowest BCUT2D eigenvalue weighted by atomic mass is 10.1. The van der Waals surface area contributed by atoms with E-state index in [0.717, 1.165) is 6.42 Å². The van der Waals surface area contributed by atoms with E-state index in [1.807, 2.05) is 6.92 Å². The number of rotatable bonds is 3. The fourth-order valence-corrected chi connectivity index (χ4v) is 2.43. The van der Waals surface area contributed by atoms with Crippen LogP contribution in [0.2, 0.25) is 0 Å². The maximum absolute atomic E-state index is 10.4. The SMILES string of the molecule is C[C@H]1C[C@@H](S)[C@@H](CC[P+](=O)O)O1. The largest absolute Gasteiger partial charge is 0.505 e. The normalized spacial score (nSPS) is 36.9. The molecule has 0 bridgehead atoms. The third kappa shape index (κ3) is 3.02. The summed E-state index contributed by atoms with van der Waals surface area (Å²) in [5, 5.41) is 0.231. The third-order valence-corrected chi connectivity index (χ3v) is 3.20. The standard InChI is InChI=1S/C7H13O3PS/c1-5-4-7(12)6(10-5)2-3-11(8)9/h5-7H,2-4H2,1H3,(H-,8,9,12)/p+1/t5-,6+,7+/m0/s1. The van der Waals surface area contributed by atoms with Gasteiger partial charge in [-0.05, 0) is 17.9 Å². The van der Waals surface area contributed by atoms with Gasteiger partial charge < -0.3 is 4.74 Å². The van der Waals surface area contributed by atoms with Crippen molar-refractivity contribution in [3.8, 4) is 0 Å². The first-order valence-electron chi connectivity index (χ1n) is 4.06. The van der Waals surface area contributed by atoms with Gasteiger partial charge in [0.05, 0.1) is 12.2 Å². The lowest BCUT2D eigenvalue weighted by Gasteiger charge is -2.10. The molecule has 5 heteroatoms. The topological polar surface area (TPSA) is 46.5 Å². The monoisotopic (exact) mass is 209 g/mol. The van der Waals surface area contributed by atoms with Gasteiger partial charge in [-0.25, -0.2) is 0 Å². The van der Waals surface area contributed by atoms with E-state index >= 15 is 0 Å². The van der Waals surface area contributed by atoms with Crippen molar-refractivity contribution in [2.75, 3.05) is 6.16 Å². The Morgan fingerprint density at radius 1 is 1.75 bits per heavy atom. The average molecular weight is 209 g/mol. The van der Waals surface area contributed by atoms with Gasteiger partial charge in [-0.3, -0.25) is 0 Å². The first-order valence-corrected chi connectivity index (χ1v) is 5.98. The van der Waals surface area contributed by atoms with E-state index in [1.54, 1.807) is 0 Å². The Hall–Kier alpha value is 0.370.